The van der Waals surface area contributed by atoms with Crippen LogP contribution in [0, 0.1) is 0 Å². The molecule has 0 aromatic rings. The van der Waals surface area contributed by atoms with Gasteiger partial charge >= 0.3 is 45.9 Å². The Balaban J connectivity index is -0.0000000853. The topological polar surface area (TPSA) is 81.2 Å². The maximum absolute atomic E-state index is 9.53. The Morgan fingerprint density at radius 1 is 0.750 bits per heavy atom. The summed E-state index contributed by atoms with van der Waals surface area (Å²) in [6.45, 7) is 7.50. The standard InChI is InChI=1S/3C4H9O.C3H8N.Sn/c3*1-2-3-4-5;1-3-4-2;/h3*2-4H2,1H3;4H,1,3H2,2H3;/q3*-1;;+3. The maximum atomic E-state index is 9.53. The Morgan fingerprint density at radius 3 is 1.05 bits per heavy atom. The third-order valence-corrected chi connectivity index (χ3v) is 2.58. The Kier molecular flexibility index (Phi) is 61.4. The number of nitrogens with one attached hydrogen (secondary N) is 1. The second-order valence-corrected chi connectivity index (χ2v) is 5.45. The Hall–Kier alpha value is 0.639. The summed E-state index contributed by atoms with van der Waals surface area (Å²) < 4.78 is 1.32. The van der Waals surface area contributed by atoms with Gasteiger partial charge in [0.15, 0.2) is 0 Å². The molecule has 0 saturated heterocycles. The van der Waals surface area contributed by atoms with Gasteiger partial charge in [-0.25, -0.2) is 0 Å². The Bertz CT molecular complexity index is 77.1. The zero-order valence-corrected chi connectivity index (χ0v) is 16.9. The van der Waals surface area contributed by atoms with Crippen molar-refractivity contribution in [3.05, 3.63) is 0 Å². The van der Waals surface area contributed by atoms with Gasteiger partial charge in [0.2, 0.25) is 0 Å². The predicted molar refractivity (Wildman–Crippen MR) is 83.8 cm³/mol. The van der Waals surface area contributed by atoms with E-state index in [1.807, 2.05) is 27.8 Å². The summed E-state index contributed by atoms with van der Waals surface area (Å²) in [7, 11) is 1.98. The first kappa shape index (κ1) is 28.8. The van der Waals surface area contributed by atoms with Crippen molar-refractivity contribution in [1.29, 1.82) is 0 Å². The van der Waals surface area contributed by atoms with Crippen LogP contribution >= 0.6 is 0 Å². The van der Waals surface area contributed by atoms with Crippen molar-refractivity contribution >= 4 is 22.5 Å². The van der Waals surface area contributed by atoms with Crippen LogP contribution in [0.2, 0.25) is 4.44 Å². The van der Waals surface area contributed by atoms with Crippen molar-refractivity contribution in [1.82, 2.24) is 5.32 Å². The zero-order chi connectivity index (χ0) is 16.5. The Labute approximate surface area is 140 Å². The van der Waals surface area contributed by atoms with E-state index >= 15 is 0 Å². The van der Waals surface area contributed by atoms with Gasteiger partial charge in [-0.3, -0.25) is 0 Å². The van der Waals surface area contributed by atoms with Crippen LogP contribution in [0.15, 0.2) is 0 Å². The van der Waals surface area contributed by atoms with E-state index in [2.05, 4.69) is 5.32 Å². The van der Waals surface area contributed by atoms with Crippen molar-refractivity contribution in [2.75, 3.05) is 33.4 Å². The van der Waals surface area contributed by atoms with Crippen molar-refractivity contribution < 1.29 is 15.3 Å². The molecule has 0 amide bonds. The van der Waals surface area contributed by atoms with Crippen LogP contribution in [-0.2, 0) is 0 Å². The molecule has 0 aliphatic carbocycles. The molecule has 0 saturated carbocycles. The van der Waals surface area contributed by atoms with E-state index in [1.165, 1.54) is 11.0 Å². The predicted octanol–water partition coefficient (Wildman–Crippen LogP) is 0.233. The summed E-state index contributed by atoms with van der Waals surface area (Å²) in [4.78, 5) is 0. The van der Waals surface area contributed by atoms with E-state index in [4.69, 9.17) is 0 Å². The van der Waals surface area contributed by atoms with Gasteiger partial charge in [-0.05, 0) is 0 Å². The molecule has 0 aliphatic rings. The number of hydrogen-bond acceptors (Lipinski definition) is 4. The Morgan fingerprint density at radius 2 is 1.05 bits per heavy atom. The summed E-state index contributed by atoms with van der Waals surface area (Å²) in [6, 6.07) is 0. The summed E-state index contributed by atoms with van der Waals surface area (Å²) in [5.74, 6) is 0. The van der Waals surface area contributed by atoms with Crippen LogP contribution in [-0.4, -0.2) is 55.9 Å². The molecule has 0 bridgehead atoms. The third kappa shape index (κ3) is 77.7. The number of hydrogen-bond donors (Lipinski definition) is 1. The minimum absolute atomic E-state index is 0.0938. The van der Waals surface area contributed by atoms with Crippen LogP contribution in [0.1, 0.15) is 59.3 Å². The van der Waals surface area contributed by atoms with E-state index in [0.717, 1.165) is 38.5 Å². The van der Waals surface area contributed by atoms with Gasteiger partial charge in [-0.1, -0.05) is 59.3 Å². The second kappa shape index (κ2) is 42.7. The number of rotatable bonds is 8. The van der Waals surface area contributed by atoms with Gasteiger partial charge in [-0.2, -0.15) is 0 Å². The first-order valence-corrected chi connectivity index (χ1v) is 9.71. The summed E-state index contributed by atoms with van der Waals surface area (Å²) in [5.41, 5.74) is 0. The molecule has 0 heterocycles. The van der Waals surface area contributed by atoms with Crippen LogP contribution < -0.4 is 20.6 Å². The molecule has 0 rings (SSSR count). The van der Waals surface area contributed by atoms with Crippen LogP contribution in [0.25, 0.3) is 0 Å². The minimum atomic E-state index is 0.0938. The van der Waals surface area contributed by atoms with Gasteiger partial charge in [0.25, 0.3) is 0 Å². The molecular formula is C15H35NO3Sn. The summed E-state index contributed by atoms with van der Waals surface area (Å²) >= 11 is 1.62. The second-order valence-electron chi connectivity index (χ2n) is 4.03. The van der Waals surface area contributed by atoms with E-state index in [9.17, 15) is 15.3 Å². The molecule has 0 aromatic heterocycles. The molecule has 0 fully saturated rings. The first-order valence-electron chi connectivity index (χ1n) is 7.69. The average molecular weight is 396 g/mol. The van der Waals surface area contributed by atoms with Crippen molar-refractivity contribution in [2.24, 2.45) is 0 Å². The monoisotopic (exact) mass is 397 g/mol. The molecule has 5 heteroatoms. The van der Waals surface area contributed by atoms with Crippen molar-refractivity contribution in [3.8, 4) is 0 Å². The van der Waals surface area contributed by atoms with E-state index in [1.54, 1.807) is 22.5 Å². The molecule has 0 spiro atoms. The van der Waals surface area contributed by atoms with Gasteiger partial charge in [0, 0.05) is 0 Å². The van der Waals surface area contributed by atoms with E-state index in [0.29, 0.717) is 0 Å². The van der Waals surface area contributed by atoms with Gasteiger partial charge in [0.1, 0.15) is 0 Å². The van der Waals surface area contributed by atoms with Gasteiger partial charge in [-0.15, -0.1) is 19.8 Å². The molecule has 20 heavy (non-hydrogen) atoms. The molecule has 1 N–H and O–H groups in total. The molecule has 122 valence electrons. The van der Waals surface area contributed by atoms with E-state index in [-0.39, 0.29) is 19.8 Å². The van der Waals surface area contributed by atoms with Crippen molar-refractivity contribution in [3.63, 3.8) is 0 Å². The fourth-order valence-corrected chi connectivity index (χ4v) is 1.27. The average Bonchev–Trinajstić information content (AvgIpc) is 2.44. The van der Waals surface area contributed by atoms with Crippen LogP contribution in [0.3, 0.4) is 0 Å². The molecule has 0 atom stereocenters. The molecule has 0 radical (unpaired) electrons. The van der Waals surface area contributed by atoms with Gasteiger partial charge < -0.3 is 15.3 Å². The normalized spacial score (nSPS) is 8.45. The number of unbranched alkanes of at least 4 members (excludes halogenated alkanes) is 3. The molecule has 0 aromatic carbocycles. The molecule has 0 unspecified atom stereocenters. The van der Waals surface area contributed by atoms with Crippen LogP contribution in [0.5, 0.6) is 0 Å². The zero-order valence-electron chi connectivity index (χ0n) is 14.0. The fraction of sp³-hybridized carbons (Fsp3) is 1.00. The quantitative estimate of drug-likeness (QED) is 0.596. The third-order valence-electron chi connectivity index (χ3n) is 1.87. The van der Waals surface area contributed by atoms with Crippen molar-refractivity contribution in [2.45, 2.75) is 63.7 Å². The summed E-state index contributed by atoms with van der Waals surface area (Å²) in [6.07, 6.45) is 5.59. The SMILES string of the molecule is CCCC[O-].CCCC[O-].CCCC[O-].CNC[CH2][Sn+3]. The molecule has 0 aliphatic heterocycles. The fourth-order valence-electron chi connectivity index (χ4n) is 0.558. The molecule has 4 nitrogen and oxygen atoms in total. The van der Waals surface area contributed by atoms with E-state index < -0.39 is 0 Å². The molecular weight excluding hydrogens is 361 g/mol. The first-order chi connectivity index (χ1) is 9.66. The summed E-state index contributed by atoms with van der Waals surface area (Å²) in [5, 5.41) is 31.6. The van der Waals surface area contributed by atoms with Crippen LogP contribution in [0.4, 0.5) is 0 Å². The van der Waals surface area contributed by atoms with Gasteiger partial charge in [0.05, 0.1) is 0 Å².